The van der Waals surface area contributed by atoms with Crippen LogP contribution in [0.1, 0.15) is 12.8 Å². The summed E-state index contributed by atoms with van der Waals surface area (Å²) in [6.07, 6.45) is 0.409. The Balaban J connectivity index is 3.00. The molecule has 1 aromatic carbocycles. The van der Waals surface area contributed by atoms with Crippen molar-refractivity contribution in [2.75, 3.05) is 29.0 Å². The van der Waals surface area contributed by atoms with E-state index in [4.69, 9.17) is 31.0 Å². The molecule has 0 aliphatic rings. The van der Waals surface area contributed by atoms with Gasteiger partial charge in [-0.05, 0) is 12.1 Å². The van der Waals surface area contributed by atoms with Gasteiger partial charge in [0.25, 0.3) is 0 Å². The molecule has 2 radical (unpaired) electrons. The summed E-state index contributed by atoms with van der Waals surface area (Å²) in [5.74, 6) is 0.0963. The lowest BCUT2D eigenvalue weighted by Gasteiger charge is -2.21. The van der Waals surface area contributed by atoms with Gasteiger partial charge in [-0.3, -0.25) is 9.59 Å². The first kappa shape index (κ1) is 16.9. The van der Waals surface area contributed by atoms with Crippen molar-refractivity contribution < 1.29 is 9.59 Å². The van der Waals surface area contributed by atoms with Crippen LogP contribution in [-0.4, -0.2) is 38.5 Å². The van der Waals surface area contributed by atoms with E-state index >= 15 is 0 Å². The highest BCUT2D eigenvalue weighted by atomic mass is 35.5. The van der Waals surface area contributed by atoms with Crippen molar-refractivity contribution in [3.63, 3.8) is 0 Å². The third kappa shape index (κ3) is 4.73. The molecule has 0 saturated heterocycles. The van der Waals surface area contributed by atoms with Crippen LogP contribution >= 0.6 is 23.2 Å². The molecule has 20 heavy (non-hydrogen) atoms. The Morgan fingerprint density at radius 3 is 2.50 bits per heavy atom. The zero-order valence-electron chi connectivity index (χ0n) is 11.2. The molecule has 0 aliphatic heterocycles. The SMILES string of the molecule is [B]c1ccc(NC(=O)CCCl)c(N(C)C(=O)CCCl)c1. The van der Waals surface area contributed by atoms with Crippen LogP contribution in [0, 0.1) is 0 Å². The van der Waals surface area contributed by atoms with Gasteiger partial charge < -0.3 is 10.2 Å². The van der Waals surface area contributed by atoms with Crippen LogP contribution in [0.5, 0.6) is 0 Å². The van der Waals surface area contributed by atoms with E-state index < -0.39 is 0 Å². The van der Waals surface area contributed by atoms with Gasteiger partial charge in [0.2, 0.25) is 11.8 Å². The van der Waals surface area contributed by atoms with Gasteiger partial charge in [-0.1, -0.05) is 11.5 Å². The molecule has 1 aromatic rings. The fraction of sp³-hybridized carbons (Fsp3) is 0.385. The van der Waals surface area contributed by atoms with Crippen LogP contribution in [0.2, 0.25) is 0 Å². The highest BCUT2D eigenvalue weighted by molar-refractivity contribution is 6.33. The summed E-state index contributed by atoms with van der Waals surface area (Å²) in [5.41, 5.74) is 1.55. The Morgan fingerprint density at radius 2 is 1.90 bits per heavy atom. The van der Waals surface area contributed by atoms with Crippen molar-refractivity contribution in [3.05, 3.63) is 18.2 Å². The van der Waals surface area contributed by atoms with Crippen molar-refractivity contribution in [2.24, 2.45) is 0 Å². The average Bonchev–Trinajstić information content (AvgIpc) is 2.40. The van der Waals surface area contributed by atoms with Gasteiger partial charge in [-0.15, -0.1) is 23.2 Å². The van der Waals surface area contributed by atoms with E-state index in [9.17, 15) is 9.59 Å². The summed E-state index contributed by atoms with van der Waals surface area (Å²) in [6.45, 7) is 0. The first-order chi connectivity index (χ1) is 9.49. The lowest BCUT2D eigenvalue weighted by Crippen LogP contribution is -2.28. The van der Waals surface area contributed by atoms with E-state index in [-0.39, 0.29) is 36.4 Å². The second-order valence-electron chi connectivity index (χ2n) is 4.16. The Kier molecular flexibility index (Phi) is 6.89. The van der Waals surface area contributed by atoms with Crippen LogP contribution in [0.4, 0.5) is 11.4 Å². The molecule has 106 valence electrons. The fourth-order valence-corrected chi connectivity index (χ4v) is 1.95. The number of rotatable bonds is 6. The van der Waals surface area contributed by atoms with Crippen molar-refractivity contribution in [3.8, 4) is 0 Å². The second kappa shape index (κ2) is 8.17. The zero-order chi connectivity index (χ0) is 15.1. The highest BCUT2D eigenvalue weighted by Gasteiger charge is 2.15. The molecule has 1 N–H and O–H groups in total. The van der Waals surface area contributed by atoms with Crippen LogP contribution in [0.25, 0.3) is 0 Å². The van der Waals surface area contributed by atoms with Crippen molar-refractivity contribution in [1.29, 1.82) is 0 Å². The zero-order valence-corrected chi connectivity index (χ0v) is 12.7. The molecule has 0 aromatic heterocycles. The average molecular weight is 313 g/mol. The minimum Gasteiger partial charge on any atom is -0.324 e. The molecule has 7 heteroatoms. The van der Waals surface area contributed by atoms with Gasteiger partial charge in [-0.25, -0.2) is 0 Å². The number of nitrogens with zero attached hydrogens (tertiary/aromatic N) is 1. The van der Waals surface area contributed by atoms with Gasteiger partial charge in [0.05, 0.1) is 11.4 Å². The second-order valence-corrected chi connectivity index (χ2v) is 4.91. The maximum Gasteiger partial charge on any atom is 0.227 e. The number of halogens is 2. The predicted molar refractivity (Wildman–Crippen MR) is 84.5 cm³/mol. The molecular formula is C13H15BCl2N2O2. The third-order valence-electron chi connectivity index (χ3n) is 2.66. The quantitative estimate of drug-likeness (QED) is 0.641. The molecule has 0 unspecified atom stereocenters. The van der Waals surface area contributed by atoms with E-state index in [0.29, 0.717) is 16.8 Å². The first-order valence-electron chi connectivity index (χ1n) is 6.07. The molecule has 2 amide bonds. The minimum absolute atomic E-state index is 0.154. The number of alkyl halides is 2. The molecule has 4 nitrogen and oxygen atoms in total. The minimum atomic E-state index is -0.218. The van der Waals surface area contributed by atoms with Gasteiger partial charge in [-0.2, -0.15) is 0 Å². The van der Waals surface area contributed by atoms with Crippen LogP contribution in [0.3, 0.4) is 0 Å². The topological polar surface area (TPSA) is 49.4 Å². The Labute approximate surface area is 129 Å². The van der Waals surface area contributed by atoms with Crippen LogP contribution in [0.15, 0.2) is 18.2 Å². The van der Waals surface area contributed by atoms with Crippen molar-refractivity contribution in [2.45, 2.75) is 12.8 Å². The summed E-state index contributed by atoms with van der Waals surface area (Å²) in [4.78, 5) is 24.9. The Morgan fingerprint density at radius 1 is 1.25 bits per heavy atom. The maximum atomic E-state index is 11.9. The van der Waals surface area contributed by atoms with E-state index in [0.717, 1.165) is 0 Å². The smallest absolute Gasteiger partial charge is 0.227 e. The molecule has 0 bridgehead atoms. The van der Waals surface area contributed by atoms with Gasteiger partial charge >= 0.3 is 0 Å². The number of amides is 2. The first-order valence-corrected chi connectivity index (χ1v) is 7.14. The number of hydrogen-bond donors (Lipinski definition) is 1. The Hall–Kier alpha value is -1.20. The molecule has 0 fully saturated rings. The molecule has 0 aliphatic carbocycles. The van der Waals surface area contributed by atoms with Gasteiger partial charge in [0.1, 0.15) is 7.85 Å². The van der Waals surface area contributed by atoms with Gasteiger partial charge in [0.15, 0.2) is 0 Å². The standard InChI is InChI=1S/C13H15BCl2N2O2/c1-18(13(20)5-7-16)11-8-9(14)2-3-10(11)17-12(19)4-6-15/h2-3,8H,4-7H2,1H3,(H,17,19). The Bertz CT molecular complexity index is 497. The lowest BCUT2D eigenvalue weighted by atomic mass is 9.95. The largest absolute Gasteiger partial charge is 0.324 e. The van der Waals surface area contributed by atoms with E-state index in [1.54, 1.807) is 25.2 Å². The summed E-state index contributed by atoms with van der Waals surface area (Å²) < 4.78 is 0. The molecular weight excluding hydrogens is 298 g/mol. The number of carbonyl (C=O) groups is 2. The van der Waals surface area contributed by atoms with E-state index in [2.05, 4.69) is 5.32 Å². The van der Waals surface area contributed by atoms with E-state index in [1.807, 2.05) is 0 Å². The number of carbonyl (C=O) groups excluding carboxylic acids is 2. The predicted octanol–water partition coefficient (Wildman–Crippen LogP) is 1.64. The van der Waals surface area contributed by atoms with E-state index in [1.165, 1.54) is 4.90 Å². The molecule has 0 spiro atoms. The normalized spacial score (nSPS) is 10.2. The van der Waals surface area contributed by atoms with Gasteiger partial charge in [0, 0.05) is 31.6 Å². The highest BCUT2D eigenvalue weighted by Crippen LogP contribution is 2.24. The van der Waals surface area contributed by atoms with Crippen LogP contribution in [-0.2, 0) is 9.59 Å². The summed E-state index contributed by atoms with van der Waals surface area (Å²) in [5, 5.41) is 2.71. The number of benzene rings is 1. The monoisotopic (exact) mass is 312 g/mol. The third-order valence-corrected chi connectivity index (χ3v) is 3.04. The van der Waals surface area contributed by atoms with Crippen molar-refractivity contribution in [1.82, 2.24) is 0 Å². The molecule has 1 rings (SSSR count). The van der Waals surface area contributed by atoms with Crippen LogP contribution < -0.4 is 15.7 Å². The summed E-state index contributed by atoms with van der Waals surface area (Å²) in [6, 6.07) is 4.93. The molecule has 0 heterocycles. The number of nitrogens with one attached hydrogen (secondary N) is 1. The summed E-state index contributed by atoms with van der Waals surface area (Å²) >= 11 is 11.1. The molecule has 0 atom stereocenters. The number of hydrogen-bond acceptors (Lipinski definition) is 2. The molecule has 0 saturated carbocycles. The fourth-order valence-electron chi connectivity index (χ4n) is 1.61. The maximum absolute atomic E-state index is 11.9. The number of anilines is 2. The lowest BCUT2D eigenvalue weighted by molar-refractivity contribution is -0.118. The van der Waals surface area contributed by atoms with Crippen molar-refractivity contribution >= 4 is 59.7 Å². The summed E-state index contributed by atoms with van der Waals surface area (Å²) in [7, 11) is 7.34.